The number of nitrogens with zero attached hydrogens (tertiary/aromatic N) is 3. The van der Waals surface area contributed by atoms with Gasteiger partial charge >= 0.3 is 0 Å². The molecule has 6 nitrogen and oxygen atoms in total. The van der Waals surface area contributed by atoms with Gasteiger partial charge in [-0.3, -0.25) is 4.79 Å². The van der Waals surface area contributed by atoms with E-state index in [4.69, 9.17) is 27.9 Å². The van der Waals surface area contributed by atoms with Crippen molar-refractivity contribution in [3.63, 3.8) is 0 Å². The lowest BCUT2D eigenvalue weighted by molar-refractivity contribution is 0.0938. The molecule has 1 aromatic heterocycles. The number of ether oxygens (including phenoxy) is 1. The summed E-state index contributed by atoms with van der Waals surface area (Å²) in [5.74, 6) is 0.274. The number of nitrogens with one attached hydrogen (secondary N) is 1. The molecule has 0 atom stereocenters. The van der Waals surface area contributed by atoms with Crippen LogP contribution < -0.4 is 5.32 Å². The van der Waals surface area contributed by atoms with E-state index in [0.29, 0.717) is 35.4 Å². The zero-order valence-corrected chi connectivity index (χ0v) is 17.1. The molecule has 146 valence electrons. The van der Waals surface area contributed by atoms with Crippen molar-refractivity contribution < 1.29 is 9.53 Å². The van der Waals surface area contributed by atoms with Crippen molar-refractivity contribution >= 4 is 29.1 Å². The van der Waals surface area contributed by atoms with Crippen LogP contribution in [0.3, 0.4) is 0 Å². The highest BCUT2D eigenvalue weighted by atomic mass is 35.5. The highest BCUT2D eigenvalue weighted by Gasteiger charge is 2.20. The summed E-state index contributed by atoms with van der Waals surface area (Å²) in [6, 6.07) is 12.7. The summed E-state index contributed by atoms with van der Waals surface area (Å²) in [6.45, 7) is 2.95. The molecule has 0 fully saturated rings. The van der Waals surface area contributed by atoms with E-state index in [-0.39, 0.29) is 11.7 Å². The monoisotopic (exact) mass is 418 g/mol. The minimum Gasteiger partial charge on any atom is -0.385 e. The van der Waals surface area contributed by atoms with Gasteiger partial charge in [0.15, 0.2) is 5.82 Å². The largest absolute Gasteiger partial charge is 0.385 e. The molecule has 0 radical (unpaired) electrons. The minimum atomic E-state index is -0.343. The van der Waals surface area contributed by atoms with Crippen molar-refractivity contribution in [1.82, 2.24) is 20.1 Å². The lowest BCUT2D eigenvalue weighted by atomic mass is 10.1. The lowest BCUT2D eigenvalue weighted by Gasteiger charge is -2.10. The molecular weight excluding hydrogens is 399 g/mol. The van der Waals surface area contributed by atoms with Crippen LogP contribution in [0.1, 0.15) is 22.6 Å². The summed E-state index contributed by atoms with van der Waals surface area (Å²) < 4.78 is 6.63. The Morgan fingerprint density at radius 1 is 1.18 bits per heavy atom. The van der Waals surface area contributed by atoms with Crippen molar-refractivity contribution in [2.24, 2.45) is 0 Å². The van der Waals surface area contributed by atoms with Crippen LogP contribution in [0.15, 0.2) is 42.5 Å². The predicted octanol–water partition coefficient (Wildman–Crippen LogP) is 4.32. The molecule has 8 heteroatoms. The Morgan fingerprint density at radius 2 is 1.93 bits per heavy atom. The van der Waals surface area contributed by atoms with E-state index in [1.165, 1.54) is 0 Å². The summed E-state index contributed by atoms with van der Waals surface area (Å²) in [5.41, 5.74) is 2.38. The van der Waals surface area contributed by atoms with Crippen LogP contribution in [0.4, 0.5) is 0 Å². The molecule has 28 heavy (non-hydrogen) atoms. The number of amides is 1. The summed E-state index contributed by atoms with van der Waals surface area (Å²) in [5, 5.41) is 8.49. The number of carbonyl (C=O) groups is 1. The highest BCUT2D eigenvalue weighted by molar-refractivity contribution is 6.31. The molecule has 1 amide bonds. The Balaban J connectivity index is 2.01. The summed E-state index contributed by atoms with van der Waals surface area (Å²) in [6.07, 6.45) is 0.709. The fourth-order valence-corrected chi connectivity index (χ4v) is 2.98. The van der Waals surface area contributed by atoms with E-state index >= 15 is 0 Å². The Morgan fingerprint density at radius 3 is 2.64 bits per heavy atom. The van der Waals surface area contributed by atoms with Crippen molar-refractivity contribution in [3.8, 4) is 17.1 Å². The second-order valence-corrected chi connectivity index (χ2v) is 7.01. The van der Waals surface area contributed by atoms with Gasteiger partial charge in [0.2, 0.25) is 5.82 Å². The molecule has 0 saturated carbocycles. The normalized spacial score (nSPS) is 10.9. The molecule has 0 saturated heterocycles. The predicted molar refractivity (Wildman–Crippen MR) is 110 cm³/mol. The van der Waals surface area contributed by atoms with Crippen LogP contribution in [0.25, 0.3) is 17.1 Å². The number of hydrogen-bond donors (Lipinski definition) is 1. The van der Waals surface area contributed by atoms with Gasteiger partial charge in [-0.1, -0.05) is 29.3 Å². The fourth-order valence-electron chi connectivity index (χ4n) is 2.69. The van der Waals surface area contributed by atoms with Gasteiger partial charge < -0.3 is 10.1 Å². The van der Waals surface area contributed by atoms with E-state index in [1.807, 2.05) is 37.3 Å². The van der Waals surface area contributed by atoms with Crippen molar-refractivity contribution in [2.45, 2.75) is 13.3 Å². The molecule has 0 bridgehead atoms. The maximum atomic E-state index is 12.5. The SMILES string of the molecule is COCCCNC(=O)c1nc(-c2ccc(Cl)cc2)n(-c2cccc(Cl)c2C)n1. The van der Waals surface area contributed by atoms with E-state index in [0.717, 1.165) is 16.8 Å². The van der Waals surface area contributed by atoms with Gasteiger partial charge in [-0.2, -0.15) is 0 Å². The van der Waals surface area contributed by atoms with Crippen LogP contribution in [-0.2, 0) is 4.74 Å². The van der Waals surface area contributed by atoms with Gasteiger partial charge in [-0.15, -0.1) is 5.10 Å². The van der Waals surface area contributed by atoms with Crippen molar-refractivity contribution in [2.75, 3.05) is 20.3 Å². The second kappa shape index (κ2) is 9.19. The summed E-state index contributed by atoms with van der Waals surface area (Å²) in [4.78, 5) is 17.0. The number of methoxy groups -OCH3 is 1. The Bertz CT molecular complexity index is 971. The average Bonchev–Trinajstić information content (AvgIpc) is 3.13. The first-order chi connectivity index (χ1) is 13.5. The zero-order chi connectivity index (χ0) is 20.1. The smallest absolute Gasteiger partial charge is 0.290 e. The van der Waals surface area contributed by atoms with Crippen LogP contribution in [0.5, 0.6) is 0 Å². The number of rotatable bonds is 7. The number of benzene rings is 2. The number of halogens is 2. The van der Waals surface area contributed by atoms with Crippen LogP contribution >= 0.6 is 23.2 Å². The third-order valence-corrected chi connectivity index (χ3v) is 4.85. The molecular formula is C20H20Cl2N4O2. The van der Waals surface area contributed by atoms with Crippen LogP contribution in [0, 0.1) is 6.92 Å². The van der Waals surface area contributed by atoms with Crippen LogP contribution in [-0.4, -0.2) is 40.9 Å². The number of hydrogen-bond acceptors (Lipinski definition) is 4. The minimum absolute atomic E-state index is 0.0849. The molecule has 1 N–H and O–H groups in total. The van der Waals surface area contributed by atoms with Gasteiger partial charge in [0.1, 0.15) is 0 Å². The highest BCUT2D eigenvalue weighted by Crippen LogP contribution is 2.27. The molecule has 0 aliphatic heterocycles. The summed E-state index contributed by atoms with van der Waals surface area (Å²) in [7, 11) is 1.62. The second-order valence-electron chi connectivity index (χ2n) is 6.16. The molecule has 3 rings (SSSR count). The van der Waals surface area contributed by atoms with Gasteiger partial charge in [-0.05, 0) is 55.3 Å². The molecule has 1 heterocycles. The van der Waals surface area contributed by atoms with E-state index in [1.54, 1.807) is 23.9 Å². The number of carbonyl (C=O) groups excluding carboxylic acids is 1. The maximum absolute atomic E-state index is 12.5. The molecule has 0 aliphatic carbocycles. The number of aromatic nitrogens is 3. The first-order valence-electron chi connectivity index (χ1n) is 8.77. The standard InChI is InChI=1S/C20H20Cl2N4O2/c1-13-16(22)5-3-6-17(13)26-19(14-7-9-15(21)10-8-14)24-18(25-26)20(27)23-11-4-12-28-2/h3,5-10H,4,11-12H2,1-2H3,(H,23,27). The maximum Gasteiger partial charge on any atom is 0.290 e. The average molecular weight is 419 g/mol. The Labute approximate surface area is 173 Å². The molecule has 0 aliphatic rings. The Hall–Kier alpha value is -2.41. The first kappa shape index (κ1) is 20.3. The first-order valence-corrected chi connectivity index (χ1v) is 9.52. The van der Waals surface area contributed by atoms with Crippen LogP contribution in [0.2, 0.25) is 10.0 Å². The van der Waals surface area contributed by atoms with E-state index < -0.39 is 0 Å². The fraction of sp³-hybridized carbons (Fsp3) is 0.250. The molecule has 2 aromatic carbocycles. The Kier molecular flexibility index (Phi) is 6.67. The molecule has 0 unspecified atom stereocenters. The van der Waals surface area contributed by atoms with Gasteiger partial charge in [0, 0.05) is 35.9 Å². The summed E-state index contributed by atoms with van der Waals surface area (Å²) >= 11 is 12.3. The van der Waals surface area contributed by atoms with Crippen molar-refractivity contribution in [3.05, 3.63) is 63.9 Å². The molecule has 0 spiro atoms. The van der Waals surface area contributed by atoms with Gasteiger partial charge in [-0.25, -0.2) is 9.67 Å². The van der Waals surface area contributed by atoms with Crippen molar-refractivity contribution in [1.29, 1.82) is 0 Å². The van der Waals surface area contributed by atoms with E-state index in [9.17, 15) is 4.79 Å². The third kappa shape index (κ3) is 4.52. The topological polar surface area (TPSA) is 69.0 Å². The van der Waals surface area contributed by atoms with Gasteiger partial charge in [0.25, 0.3) is 5.91 Å². The quantitative estimate of drug-likeness (QED) is 0.580. The zero-order valence-electron chi connectivity index (χ0n) is 15.6. The van der Waals surface area contributed by atoms with Gasteiger partial charge in [0.05, 0.1) is 5.69 Å². The molecule has 3 aromatic rings. The van der Waals surface area contributed by atoms with E-state index in [2.05, 4.69) is 15.4 Å². The third-order valence-electron chi connectivity index (χ3n) is 4.19. The lowest BCUT2D eigenvalue weighted by Crippen LogP contribution is -2.26.